The van der Waals surface area contributed by atoms with Gasteiger partial charge in [-0.25, -0.2) is 4.98 Å². The topological polar surface area (TPSA) is 64.2 Å². The first-order valence-electron chi connectivity index (χ1n) is 9.87. The van der Waals surface area contributed by atoms with Gasteiger partial charge in [-0.05, 0) is 32.8 Å². The third kappa shape index (κ3) is 3.59. The van der Waals surface area contributed by atoms with E-state index < -0.39 is 0 Å². The maximum atomic E-state index is 12.8. The minimum atomic E-state index is 0.182. The Morgan fingerprint density at radius 3 is 2.71 bits per heavy atom. The second-order valence-electron chi connectivity index (χ2n) is 7.64. The van der Waals surface area contributed by atoms with Crippen molar-refractivity contribution in [3.8, 4) is 11.6 Å². The summed E-state index contributed by atoms with van der Waals surface area (Å²) in [4.78, 5) is 19.1. The molecule has 146 valence electrons. The lowest BCUT2D eigenvalue weighted by atomic mass is 10.0. The van der Waals surface area contributed by atoms with E-state index in [4.69, 9.17) is 9.52 Å². The highest BCUT2D eigenvalue weighted by atomic mass is 16.4. The Kier molecular flexibility index (Phi) is 5.03. The van der Waals surface area contributed by atoms with Crippen LogP contribution in [-0.2, 0) is 24.2 Å². The monoisotopic (exact) mass is 378 g/mol. The van der Waals surface area contributed by atoms with Crippen molar-refractivity contribution < 1.29 is 9.21 Å². The third-order valence-corrected chi connectivity index (χ3v) is 5.22. The van der Waals surface area contributed by atoms with Crippen molar-refractivity contribution in [3.05, 3.63) is 59.1 Å². The van der Waals surface area contributed by atoms with Crippen molar-refractivity contribution >= 4 is 5.91 Å². The number of carbonyl (C=O) groups is 1. The van der Waals surface area contributed by atoms with Gasteiger partial charge in [-0.3, -0.25) is 9.48 Å². The number of aryl methyl sites for hydroxylation is 2. The van der Waals surface area contributed by atoms with Gasteiger partial charge in [-0.2, -0.15) is 5.10 Å². The molecule has 1 aromatic carbocycles. The van der Waals surface area contributed by atoms with E-state index in [1.54, 1.807) is 6.20 Å². The zero-order valence-corrected chi connectivity index (χ0v) is 16.7. The number of benzene rings is 1. The van der Waals surface area contributed by atoms with Gasteiger partial charge in [0.15, 0.2) is 5.69 Å². The molecule has 0 saturated heterocycles. The molecule has 1 aliphatic heterocycles. The summed E-state index contributed by atoms with van der Waals surface area (Å²) in [5.74, 6) is 1.47. The Balaban J connectivity index is 1.56. The molecule has 28 heavy (non-hydrogen) atoms. The molecule has 1 amide bonds. The van der Waals surface area contributed by atoms with Crippen LogP contribution in [0.3, 0.4) is 0 Å². The standard InChI is InChI=1S/C22H26N4O2/c1-15(2)26-19-11-12-25(20(27)10-9-17-7-5-4-6-8-17)14-18(19)21(24-26)22-23-13-16(3)28-22/h4-8,13,15H,9-12,14H2,1-3H3. The summed E-state index contributed by atoms with van der Waals surface area (Å²) in [7, 11) is 0. The number of hydrogen-bond donors (Lipinski definition) is 0. The number of oxazole rings is 1. The van der Waals surface area contributed by atoms with E-state index in [0.29, 0.717) is 18.9 Å². The molecular weight excluding hydrogens is 352 g/mol. The zero-order chi connectivity index (χ0) is 19.7. The molecule has 6 heteroatoms. The number of fused-ring (bicyclic) bond motifs is 1. The van der Waals surface area contributed by atoms with E-state index >= 15 is 0 Å². The van der Waals surface area contributed by atoms with Gasteiger partial charge in [0.05, 0.1) is 6.20 Å². The van der Waals surface area contributed by atoms with Crippen LogP contribution in [0.4, 0.5) is 0 Å². The van der Waals surface area contributed by atoms with Gasteiger partial charge in [0.2, 0.25) is 11.8 Å². The van der Waals surface area contributed by atoms with Crippen molar-refractivity contribution in [1.82, 2.24) is 19.7 Å². The van der Waals surface area contributed by atoms with E-state index in [2.05, 4.69) is 35.6 Å². The van der Waals surface area contributed by atoms with Crippen LogP contribution < -0.4 is 0 Å². The molecule has 0 saturated carbocycles. The molecule has 2 aromatic heterocycles. The first kappa shape index (κ1) is 18.5. The number of carbonyl (C=O) groups excluding carboxylic acids is 1. The highest BCUT2D eigenvalue weighted by Crippen LogP contribution is 2.31. The Labute approximate surface area is 165 Å². The average Bonchev–Trinajstić information content (AvgIpc) is 3.30. The fraction of sp³-hybridized carbons (Fsp3) is 0.409. The van der Waals surface area contributed by atoms with E-state index in [9.17, 15) is 4.79 Å². The van der Waals surface area contributed by atoms with Crippen LogP contribution in [0.25, 0.3) is 11.6 Å². The van der Waals surface area contributed by atoms with Crippen molar-refractivity contribution in [2.24, 2.45) is 0 Å². The molecule has 0 unspecified atom stereocenters. The Bertz CT molecular complexity index is 972. The summed E-state index contributed by atoms with van der Waals surface area (Å²) in [6.45, 7) is 7.40. The Morgan fingerprint density at radius 2 is 2.04 bits per heavy atom. The SMILES string of the molecule is Cc1cnc(-c2nn(C(C)C)c3c2CN(C(=O)CCc2ccccc2)CC3)o1. The molecule has 3 heterocycles. The first-order chi connectivity index (χ1) is 13.5. The molecule has 0 fully saturated rings. The van der Waals surface area contributed by atoms with Gasteiger partial charge < -0.3 is 9.32 Å². The van der Waals surface area contributed by atoms with Gasteiger partial charge in [0.1, 0.15) is 5.76 Å². The van der Waals surface area contributed by atoms with E-state index in [1.807, 2.05) is 30.0 Å². The molecule has 4 rings (SSSR count). The van der Waals surface area contributed by atoms with Gasteiger partial charge in [0, 0.05) is 43.2 Å². The minimum Gasteiger partial charge on any atom is -0.440 e. The van der Waals surface area contributed by atoms with Crippen molar-refractivity contribution in [1.29, 1.82) is 0 Å². The largest absolute Gasteiger partial charge is 0.440 e. The normalized spacial score (nSPS) is 13.8. The first-order valence-corrected chi connectivity index (χ1v) is 9.87. The molecular formula is C22H26N4O2. The minimum absolute atomic E-state index is 0.182. The van der Waals surface area contributed by atoms with Crippen LogP contribution in [0, 0.1) is 6.92 Å². The van der Waals surface area contributed by atoms with Gasteiger partial charge in [0.25, 0.3) is 0 Å². The van der Waals surface area contributed by atoms with Gasteiger partial charge in [-0.15, -0.1) is 0 Å². The van der Waals surface area contributed by atoms with Crippen LogP contribution >= 0.6 is 0 Å². The fourth-order valence-electron chi connectivity index (χ4n) is 3.78. The van der Waals surface area contributed by atoms with Crippen molar-refractivity contribution in [3.63, 3.8) is 0 Å². The molecule has 0 N–H and O–H groups in total. The van der Waals surface area contributed by atoms with Crippen molar-refractivity contribution in [2.75, 3.05) is 6.54 Å². The summed E-state index contributed by atoms with van der Waals surface area (Å²) >= 11 is 0. The number of nitrogens with zero attached hydrogens (tertiary/aromatic N) is 4. The molecule has 3 aromatic rings. The zero-order valence-electron chi connectivity index (χ0n) is 16.7. The van der Waals surface area contributed by atoms with Gasteiger partial charge in [-0.1, -0.05) is 30.3 Å². The second kappa shape index (κ2) is 7.62. The smallest absolute Gasteiger partial charge is 0.247 e. The molecule has 0 spiro atoms. The Hall–Kier alpha value is -2.89. The summed E-state index contributed by atoms with van der Waals surface area (Å²) in [5.41, 5.74) is 4.21. The second-order valence-corrected chi connectivity index (χ2v) is 7.64. The summed E-state index contributed by atoms with van der Waals surface area (Å²) in [6.07, 6.45) is 3.80. The van der Waals surface area contributed by atoms with Crippen LogP contribution in [0.5, 0.6) is 0 Å². The maximum absolute atomic E-state index is 12.8. The molecule has 6 nitrogen and oxygen atoms in total. The van der Waals surface area contributed by atoms with E-state index in [1.165, 1.54) is 11.3 Å². The quantitative estimate of drug-likeness (QED) is 0.674. The number of aromatic nitrogens is 3. The van der Waals surface area contributed by atoms with Crippen LogP contribution in [0.2, 0.25) is 0 Å². The summed E-state index contributed by atoms with van der Waals surface area (Å²) in [5, 5.41) is 4.78. The highest BCUT2D eigenvalue weighted by molar-refractivity contribution is 5.77. The molecule has 1 aliphatic rings. The lowest BCUT2D eigenvalue weighted by Crippen LogP contribution is -2.36. The number of amides is 1. The van der Waals surface area contributed by atoms with Crippen LogP contribution in [0.15, 0.2) is 40.9 Å². The van der Waals surface area contributed by atoms with Crippen molar-refractivity contribution in [2.45, 2.75) is 52.6 Å². The van der Waals surface area contributed by atoms with E-state index in [0.717, 1.165) is 36.4 Å². The fourth-order valence-corrected chi connectivity index (χ4v) is 3.78. The average molecular weight is 378 g/mol. The predicted octanol–water partition coefficient (Wildman–Crippen LogP) is 3.94. The lowest BCUT2D eigenvalue weighted by Gasteiger charge is -2.28. The van der Waals surface area contributed by atoms with Crippen LogP contribution in [-0.4, -0.2) is 32.1 Å². The molecule has 0 radical (unpaired) electrons. The van der Waals surface area contributed by atoms with Crippen LogP contribution in [0.1, 0.15) is 48.9 Å². The molecule has 0 atom stereocenters. The highest BCUT2D eigenvalue weighted by Gasteiger charge is 2.30. The maximum Gasteiger partial charge on any atom is 0.247 e. The summed E-state index contributed by atoms with van der Waals surface area (Å²) in [6, 6.07) is 10.4. The molecule has 0 bridgehead atoms. The molecule has 0 aliphatic carbocycles. The predicted molar refractivity (Wildman–Crippen MR) is 107 cm³/mol. The third-order valence-electron chi connectivity index (χ3n) is 5.22. The summed E-state index contributed by atoms with van der Waals surface area (Å²) < 4.78 is 7.79. The lowest BCUT2D eigenvalue weighted by molar-refractivity contribution is -0.132. The van der Waals surface area contributed by atoms with Gasteiger partial charge >= 0.3 is 0 Å². The van der Waals surface area contributed by atoms with E-state index in [-0.39, 0.29) is 11.9 Å². The Morgan fingerprint density at radius 1 is 1.25 bits per heavy atom. The number of rotatable bonds is 5. The number of hydrogen-bond acceptors (Lipinski definition) is 4.